The number of allylic oxidation sites excluding steroid dienone is 1. The molecule has 2 aromatic rings. The first kappa shape index (κ1) is 19.5. The van der Waals surface area contributed by atoms with Crippen molar-refractivity contribution in [2.45, 2.75) is 33.3 Å². The summed E-state index contributed by atoms with van der Waals surface area (Å²) in [6.45, 7) is 6.71. The van der Waals surface area contributed by atoms with E-state index in [0.29, 0.717) is 16.8 Å². The molecule has 0 amide bonds. The maximum atomic E-state index is 12.2. The molecule has 0 aliphatic heterocycles. The van der Waals surface area contributed by atoms with Crippen LogP contribution in [0.5, 0.6) is 5.75 Å². The number of hydrogen-bond donors (Lipinski definition) is 1. The van der Waals surface area contributed by atoms with Crippen molar-refractivity contribution in [2.75, 3.05) is 0 Å². The highest BCUT2D eigenvalue weighted by molar-refractivity contribution is 6.32. The van der Waals surface area contributed by atoms with E-state index in [-0.39, 0.29) is 5.78 Å². The monoisotopic (exact) mass is 348 g/mol. The van der Waals surface area contributed by atoms with Gasteiger partial charge >= 0.3 is 5.97 Å². The molecular formula is C21H21BO4. The number of carbonyl (C=O) groups excluding carboxylic acids is 1. The Morgan fingerprint density at radius 2 is 1.62 bits per heavy atom. The molecule has 4 nitrogen and oxygen atoms in total. The van der Waals surface area contributed by atoms with Gasteiger partial charge < -0.3 is 9.84 Å². The van der Waals surface area contributed by atoms with E-state index in [0.717, 1.165) is 16.7 Å². The Bertz CT molecular complexity index is 841. The van der Waals surface area contributed by atoms with Crippen molar-refractivity contribution in [3.05, 3.63) is 64.7 Å². The van der Waals surface area contributed by atoms with E-state index in [9.17, 15) is 14.7 Å². The van der Waals surface area contributed by atoms with Gasteiger partial charge in [0.1, 0.15) is 13.6 Å². The average molecular weight is 348 g/mol. The van der Waals surface area contributed by atoms with Gasteiger partial charge in [0.2, 0.25) is 0 Å². The summed E-state index contributed by atoms with van der Waals surface area (Å²) >= 11 is 0. The molecule has 26 heavy (non-hydrogen) atoms. The normalized spacial score (nSPS) is 11.5. The first-order valence-electron chi connectivity index (χ1n) is 8.22. The van der Waals surface area contributed by atoms with Gasteiger partial charge in [-0.05, 0) is 62.6 Å². The van der Waals surface area contributed by atoms with Crippen molar-refractivity contribution in [2.24, 2.45) is 0 Å². The number of ketones is 1. The van der Waals surface area contributed by atoms with Gasteiger partial charge in [0, 0.05) is 5.56 Å². The van der Waals surface area contributed by atoms with Crippen molar-refractivity contribution in [1.82, 2.24) is 0 Å². The van der Waals surface area contributed by atoms with E-state index >= 15 is 0 Å². The topological polar surface area (TPSA) is 63.6 Å². The standard InChI is InChI=1S/C21H21BO4/c1-13-11-15(5-10-18(23)16-6-8-17(22)9-7-16)12-14(2)19(13)26-21(3,4)20(24)25/h5-12H,1-4H3,(H,24,25)/b10-5+. The minimum atomic E-state index is -1.32. The third-order valence-corrected chi connectivity index (χ3v) is 3.98. The smallest absolute Gasteiger partial charge is 0.347 e. The molecule has 1 N–H and O–H groups in total. The molecule has 2 rings (SSSR count). The molecule has 2 radical (unpaired) electrons. The highest BCUT2D eigenvalue weighted by Crippen LogP contribution is 2.29. The molecule has 5 heteroatoms. The zero-order chi connectivity index (χ0) is 19.5. The lowest BCUT2D eigenvalue weighted by atomic mass is 9.94. The second-order valence-corrected chi connectivity index (χ2v) is 6.72. The van der Waals surface area contributed by atoms with Gasteiger partial charge in [-0.1, -0.05) is 35.8 Å². The van der Waals surface area contributed by atoms with E-state index in [1.54, 1.807) is 30.3 Å². The fourth-order valence-corrected chi connectivity index (χ4v) is 2.46. The van der Waals surface area contributed by atoms with E-state index in [1.165, 1.54) is 19.9 Å². The molecule has 0 atom stereocenters. The summed E-state index contributed by atoms with van der Waals surface area (Å²) in [6.07, 6.45) is 3.23. The van der Waals surface area contributed by atoms with Gasteiger partial charge in [-0.25, -0.2) is 4.79 Å². The lowest BCUT2D eigenvalue weighted by Gasteiger charge is -2.24. The van der Waals surface area contributed by atoms with Crippen LogP contribution in [-0.2, 0) is 4.79 Å². The molecule has 2 aromatic carbocycles. The van der Waals surface area contributed by atoms with Gasteiger partial charge in [0.05, 0.1) is 0 Å². The first-order valence-corrected chi connectivity index (χ1v) is 8.22. The van der Waals surface area contributed by atoms with Crippen molar-refractivity contribution in [3.8, 4) is 5.75 Å². The second-order valence-electron chi connectivity index (χ2n) is 6.72. The van der Waals surface area contributed by atoms with Crippen LogP contribution in [0, 0.1) is 13.8 Å². The lowest BCUT2D eigenvalue weighted by Crippen LogP contribution is -2.38. The quantitative estimate of drug-likeness (QED) is 0.495. The summed E-state index contributed by atoms with van der Waals surface area (Å²) < 4.78 is 5.68. The van der Waals surface area contributed by atoms with Crippen LogP contribution in [0.15, 0.2) is 42.5 Å². The number of carboxylic acids is 1. The molecule has 132 valence electrons. The zero-order valence-electron chi connectivity index (χ0n) is 15.4. The molecule has 0 spiro atoms. The second kappa shape index (κ2) is 7.60. The zero-order valence-corrected chi connectivity index (χ0v) is 15.4. The van der Waals surface area contributed by atoms with E-state index in [1.807, 2.05) is 26.0 Å². The van der Waals surface area contributed by atoms with Crippen molar-refractivity contribution < 1.29 is 19.4 Å². The fraction of sp³-hybridized carbons (Fsp3) is 0.238. The predicted octanol–water partition coefficient (Wildman–Crippen LogP) is 3.24. The number of ether oxygens (including phenoxy) is 1. The number of rotatable bonds is 6. The molecular weight excluding hydrogens is 327 g/mol. The number of hydrogen-bond acceptors (Lipinski definition) is 3. The Hall–Kier alpha value is -2.82. The minimum Gasteiger partial charge on any atom is -0.478 e. The van der Waals surface area contributed by atoms with Crippen molar-refractivity contribution >= 4 is 31.1 Å². The van der Waals surface area contributed by atoms with Crippen LogP contribution < -0.4 is 10.2 Å². The fourth-order valence-electron chi connectivity index (χ4n) is 2.46. The minimum absolute atomic E-state index is 0.118. The molecule has 0 heterocycles. The first-order chi connectivity index (χ1) is 12.1. The molecule has 0 bridgehead atoms. The van der Waals surface area contributed by atoms with Crippen molar-refractivity contribution in [1.29, 1.82) is 0 Å². The van der Waals surface area contributed by atoms with Crippen molar-refractivity contribution in [3.63, 3.8) is 0 Å². The highest BCUT2D eigenvalue weighted by Gasteiger charge is 2.30. The number of benzene rings is 2. The summed E-state index contributed by atoms with van der Waals surface area (Å²) in [4.78, 5) is 23.5. The van der Waals surface area contributed by atoms with Gasteiger partial charge in [0.25, 0.3) is 0 Å². The Morgan fingerprint density at radius 3 is 2.12 bits per heavy atom. The van der Waals surface area contributed by atoms with E-state index in [2.05, 4.69) is 0 Å². The largest absolute Gasteiger partial charge is 0.478 e. The SMILES string of the molecule is [B]c1ccc(C(=O)/C=C/c2cc(C)c(OC(C)(C)C(=O)O)c(C)c2)cc1. The summed E-state index contributed by atoms with van der Waals surface area (Å²) in [5, 5.41) is 9.23. The molecule has 0 aliphatic rings. The molecule has 0 saturated heterocycles. The molecule has 0 aliphatic carbocycles. The van der Waals surface area contributed by atoms with Gasteiger partial charge in [-0.15, -0.1) is 0 Å². The van der Waals surface area contributed by atoms with Crippen LogP contribution >= 0.6 is 0 Å². The summed E-state index contributed by atoms with van der Waals surface area (Å²) in [7, 11) is 5.62. The highest BCUT2D eigenvalue weighted by atomic mass is 16.5. The van der Waals surface area contributed by atoms with Gasteiger partial charge in [-0.3, -0.25) is 4.79 Å². The summed E-state index contributed by atoms with van der Waals surface area (Å²) in [5.41, 5.74) is 2.30. The Kier molecular flexibility index (Phi) is 5.71. The maximum absolute atomic E-state index is 12.2. The van der Waals surface area contributed by atoms with Gasteiger partial charge in [-0.2, -0.15) is 0 Å². The molecule has 0 unspecified atom stereocenters. The predicted molar refractivity (Wildman–Crippen MR) is 103 cm³/mol. The molecule has 0 aromatic heterocycles. The van der Waals surface area contributed by atoms with Gasteiger partial charge in [0.15, 0.2) is 11.4 Å². The number of carboxylic acid groups (broad SMARTS) is 1. The Balaban J connectivity index is 2.23. The van der Waals surface area contributed by atoms with Crippen LogP contribution in [-0.4, -0.2) is 30.3 Å². The summed E-state index contributed by atoms with van der Waals surface area (Å²) in [6, 6.07) is 10.4. The number of carbonyl (C=O) groups is 2. The van der Waals surface area contributed by atoms with E-state index in [4.69, 9.17) is 12.6 Å². The van der Waals surface area contributed by atoms with Crippen LogP contribution in [0.25, 0.3) is 6.08 Å². The maximum Gasteiger partial charge on any atom is 0.347 e. The van der Waals surface area contributed by atoms with E-state index < -0.39 is 11.6 Å². The average Bonchev–Trinajstić information content (AvgIpc) is 2.56. The number of aliphatic carboxylic acids is 1. The molecule has 0 saturated carbocycles. The molecule has 0 fully saturated rings. The van der Waals surface area contributed by atoms with Crippen LogP contribution in [0.4, 0.5) is 0 Å². The Morgan fingerprint density at radius 1 is 1.08 bits per heavy atom. The third-order valence-electron chi connectivity index (χ3n) is 3.98. The Labute approximate surface area is 154 Å². The summed E-state index contributed by atoms with van der Waals surface area (Å²) in [5.74, 6) is -0.610. The number of aryl methyl sites for hydroxylation is 2. The van der Waals surface area contributed by atoms with Crippen LogP contribution in [0.2, 0.25) is 0 Å². The lowest BCUT2D eigenvalue weighted by molar-refractivity contribution is -0.152. The van der Waals surface area contributed by atoms with Crippen LogP contribution in [0.1, 0.15) is 40.9 Å². The third kappa shape index (κ3) is 4.63. The van der Waals surface area contributed by atoms with Crippen LogP contribution in [0.3, 0.4) is 0 Å².